The summed E-state index contributed by atoms with van der Waals surface area (Å²) < 4.78 is 0. The first kappa shape index (κ1) is 9.25. The molecule has 0 aliphatic carbocycles. The molecule has 2 aromatic rings. The lowest BCUT2D eigenvalue weighted by atomic mass is 10.1. The molecule has 1 N–H and O–H groups in total. The first-order valence-electron chi connectivity index (χ1n) is 4.10. The van der Waals surface area contributed by atoms with Crippen LogP contribution in [-0.4, -0.2) is 36.3 Å². The van der Waals surface area contributed by atoms with Crippen molar-refractivity contribution in [2.45, 2.75) is 0 Å². The Balaban J connectivity index is 2.57. The van der Waals surface area contributed by atoms with E-state index >= 15 is 0 Å². The minimum atomic E-state index is -1.04. The molecule has 0 radical (unpaired) electrons. The minimum Gasteiger partial charge on any atom is -0.478 e. The molecular formula is C8H7N5O2. The number of carboxylic acids is 1. The van der Waals surface area contributed by atoms with Gasteiger partial charge in [-0.05, 0) is 11.3 Å². The standard InChI is InChI=1S/C8H7N5O2/c1-13-11-7(10-12-13)6-4-9-3-2-5(6)8(14)15/h2-4H,1H3,(H,14,15). The van der Waals surface area contributed by atoms with Crippen molar-refractivity contribution in [3.8, 4) is 11.4 Å². The molecule has 2 rings (SSSR count). The van der Waals surface area contributed by atoms with Gasteiger partial charge in [0.05, 0.1) is 18.2 Å². The van der Waals surface area contributed by atoms with E-state index in [4.69, 9.17) is 5.11 Å². The Morgan fingerprint density at radius 2 is 2.33 bits per heavy atom. The zero-order valence-corrected chi connectivity index (χ0v) is 7.82. The highest BCUT2D eigenvalue weighted by atomic mass is 16.4. The maximum atomic E-state index is 10.9. The van der Waals surface area contributed by atoms with E-state index < -0.39 is 5.97 Å². The Labute approximate surface area is 84.4 Å². The summed E-state index contributed by atoms with van der Waals surface area (Å²) >= 11 is 0. The number of rotatable bonds is 2. The molecule has 0 bridgehead atoms. The zero-order chi connectivity index (χ0) is 10.8. The fourth-order valence-electron chi connectivity index (χ4n) is 1.15. The molecule has 2 heterocycles. The topological polar surface area (TPSA) is 93.8 Å². The van der Waals surface area contributed by atoms with E-state index in [0.29, 0.717) is 5.56 Å². The summed E-state index contributed by atoms with van der Waals surface area (Å²) in [5, 5.41) is 20.2. The summed E-state index contributed by atoms with van der Waals surface area (Å²) in [6.07, 6.45) is 2.81. The van der Waals surface area contributed by atoms with Gasteiger partial charge in [0.15, 0.2) is 0 Å². The summed E-state index contributed by atoms with van der Waals surface area (Å²) in [5.41, 5.74) is 0.469. The van der Waals surface area contributed by atoms with Crippen molar-refractivity contribution >= 4 is 5.97 Å². The fraction of sp³-hybridized carbons (Fsp3) is 0.125. The molecule has 2 aromatic heterocycles. The van der Waals surface area contributed by atoms with E-state index in [1.54, 1.807) is 7.05 Å². The number of hydrogen-bond donors (Lipinski definition) is 1. The van der Waals surface area contributed by atoms with Crippen LogP contribution in [0, 0.1) is 0 Å². The number of hydrogen-bond acceptors (Lipinski definition) is 5. The summed E-state index contributed by atoms with van der Waals surface area (Å²) in [6.45, 7) is 0. The molecule has 0 saturated heterocycles. The van der Waals surface area contributed by atoms with E-state index in [2.05, 4.69) is 20.4 Å². The Hall–Kier alpha value is -2.31. The van der Waals surface area contributed by atoms with Crippen molar-refractivity contribution in [1.82, 2.24) is 25.2 Å². The highest BCUT2D eigenvalue weighted by Crippen LogP contribution is 2.17. The van der Waals surface area contributed by atoms with Crippen LogP contribution in [0.1, 0.15) is 10.4 Å². The number of aryl methyl sites for hydroxylation is 1. The highest BCUT2D eigenvalue weighted by molar-refractivity contribution is 5.94. The minimum absolute atomic E-state index is 0.109. The van der Waals surface area contributed by atoms with E-state index in [9.17, 15) is 4.79 Å². The molecule has 0 aliphatic heterocycles. The smallest absolute Gasteiger partial charge is 0.336 e. The molecule has 0 aromatic carbocycles. The van der Waals surface area contributed by atoms with Gasteiger partial charge in [0.1, 0.15) is 0 Å². The number of tetrazole rings is 1. The predicted molar refractivity (Wildman–Crippen MR) is 49.0 cm³/mol. The van der Waals surface area contributed by atoms with E-state index in [1.807, 2.05) is 0 Å². The average Bonchev–Trinajstić information content (AvgIpc) is 2.65. The van der Waals surface area contributed by atoms with E-state index in [-0.39, 0.29) is 11.4 Å². The Bertz CT molecular complexity index is 507. The van der Waals surface area contributed by atoms with Crippen LogP contribution in [0.5, 0.6) is 0 Å². The monoisotopic (exact) mass is 205 g/mol. The number of pyridine rings is 1. The molecule has 0 saturated carbocycles. The maximum Gasteiger partial charge on any atom is 0.336 e. The number of carbonyl (C=O) groups is 1. The van der Waals surface area contributed by atoms with Crippen LogP contribution in [0.25, 0.3) is 11.4 Å². The van der Waals surface area contributed by atoms with Gasteiger partial charge >= 0.3 is 5.97 Å². The highest BCUT2D eigenvalue weighted by Gasteiger charge is 2.14. The van der Waals surface area contributed by atoms with Crippen LogP contribution in [0.15, 0.2) is 18.5 Å². The molecule has 0 fully saturated rings. The van der Waals surface area contributed by atoms with Crippen molar-refractivity contribution in [3.63, 3.8) is 0 Å². The van der Waals surface area contributed by atoms with Gasteiger partial charge in [-0.15, -0.1) is 10.2 Å². The molecule has 0 atom stereocenters. The molecule has 0 spiro atoms. The van der Waals surface area contributed by atoms with Crippen molar-refractivity contribution < 1.29 is 9.90 Å². The van der Waals surface area contributed by atoms with Gasteiger partial charge in [-0.25, -0.2) is 4.79 Å². The summed E-state index contributed by atoms with van der Waals surface area (Å²) in [6, 6.07) is 1.40. The lowest BCUT2D eigenvalue weighted by molar-refractivity contribution is 0.0697. The molecule has 0 unspecified atom stereocenters. The van der Waals surface area contributed by atoms with E-state index in [1.165, 1.54) is 23.3 Å². The normalized spacial score (nSPS) is 10.2. The van der Waals surface area contributed by atoms with Gasteiger partial charge < -0.3 is 5.11 Å². The Morgan fingerprint density at radius 1 is 1.53 bits per heavy atom. The second-order valence-electron chi connectivity index (χ2n) is 2.83. The first-order chi connectivity index (χ1) is 7.18. The van der Waals surface area contributed by atoms with Crippen molar-refractivity contribution in [2.24, 2.45) is 7.05 Å². The number of carboxylic acid groups (broad SMARTS) is 1. The van der Waals surface area contributed by atoms with Crippen molar-refractivity contribution in [2.75, 3.05) is 0 Å². The van der Waals surface area contributed by atoms with Crippen LogP contribution >= 0.6 is 0 Å². The van der Waals surface area contributed by atoms with Gasteiger partial charge in [-0.1, -0.05) is 0 Å². The van der Waals surface area contributed by atoms with Gasteiger partial charge in [0, 0.05) is 12.4 Å². The Kier molecular flexibility index (Phi) is 2.13. The average molecular weight is 205 g/mol. The van der Waals surface area contributed by atoms with Gasteiger partial charge in [-0.2, -0.15) is 4.80 Å². The summed E-state index contributed by atoms with van der Waals surface area (Å²) in [7, 11) is 1.60. The quantitative estimate of drug-likeness (QED) is 0.739. The van der Waals surface area contributed by atoms with Gasteiger partial charge in [0.25, 0.3) is 0 Å². The van der Waals surface area contributed by atoms with Gasteiger partial charge in [-0.3, -0.25) is 4.98 Å². The molecular weight excluding hydrogens is 198 g/mol. The lowest BCUT2D eigenvalue weighted by Gasteiger charge is -1.98. The predicted octanol–water partition coefficient (Wildman–Crippen LogP) is -0.0297. The molecule has 76 valence electrons. The third-order valence-electron chi connectivity index (χ3n) is 1.80. The van der Waals surface area contributed by atoms with Crippen LogP contribution < -0.4 is 0 Å². The molecule has 0 aliphatic rings. The van der Waals surface area contributed by atoms with Gasteiger partial charge in [0.2, 0.25) is 5.82 Å². The van der Waals surface area contributed by atoms with Crippen LogP contribution in [0.2, 0.25) is 0 Å². The number of nitrogens with zero attached hydrogens (tertiary/aromatic N) is 5. The molecule has 0 amide bonds. The zero-order valence-electron chi connectivity index (χ0n) is 7.82. The molecule has 15 heavy (non-hydrogen) atoms. The Morgan fingerprint density at radius 3 is 2.93 bits per heavy atom. The largest absolute Gasteiger partial charge is 0.478 e. The molecule has 7 nitrogen and oxygen atoms in total. The van der Waals surface area contributed by atoms with Crippen LogP contribution in [0.4, 0.5) is 0 Å². The van der Waals surface area contributed by atoms with Crippen molar-refractivity contribution in [3.05, 3.63) is 24.0 Å². The first-order valence-corrected chi connectivity index (χ1v) is 4.10. The third kappa shape index (κ3) is 1.66. The summed E-state index contributed by atoms with van der Waals surface area (Å²) in [4.78, 5) is 16.0. The van der Waals surface area contributed by atoms with E-state index in [0.717, 1.165) is 0 Å². The summed E-state index contributed by atoms with van der Waals surface area (Å²) in [5.74, 6) is -0.789. The van der Waals surface area contributed by atoms with Crippen LogP contribution in [-0.2, 0) is 7.05 Å². The fourth-order valence-corrected chi connectivity index (χ4v) is 1.15. The van der Waals surface area contributed by atoms with Crippen molar-refractivity contribution in [1.29, 1.82) is 0 Å². The number of aromatic nitrogens is 5. The van der Waals surface area contributed by atoms with Crippen LogP contribution in [0.3, 0.4) is 0 Å². The third-order valence-corrected chi connectivity index (χ3v) is 1.80. The SMILES string of the molecule is Cn1nnc(-c2cnccc2C(=O)O)n1. The second-order valence-corrected chi connectivity index (χ2v) is 2.83. The maximum absolute atomic E-state index is 10.9. The molecule has 7 heteroatoms. The lowest BCUT2D eigenvalue weighted by Crippen LogP contribution is -2.01. The number of aromatic carboxylic acids is 1. The second kappa shape index (κ2) is 3.45.